The van der Waals surface area contributed by atoms with E-state index in [2.05, 4.69) is 10.2 Å². The van der Waals surface area contributed by atoms with Gasteiger partial charge in [0.05, 0.1) is 10.5 Å². The summed E-state index contributed by atoms with van der Waals surface area (Å²) in [5.74, 6) is -0.284. The van der Waals surface area contributed by atoms with Crippen molar-refractivity contribution in [2.75, 3.05) is 12.9 Å². The fourth-order valence-electron chi connectivity index (χ4n) is 2.42. The SMILES string of the molecule is CS(=O)(=O)c1ccc2nn(-c3cc(CCO)cc(C#N)c3O)nc2c1. The summed E-state index contributed by atoms with van der Waals surface area (Å²) in [4.78, 5) is 1.26. The van der Waals surface area contributed by atoms with Crippen LogP contribution >= 0.6 is 0 Å². The largest absolute Gasteiger partial charge is 0.504 e. The van der Waals surface area contributed by atoms with Crippen LogP contribution in [-0.2, 0) is 16.3 Å². The third-order valence-electron chi connectivity index (χ3n) is 3.67. The van der Waals surface area contributed by atoms with Gasteiger partial charge in [0.2, 0.25) is 0 Å². The number of benzene rings is 2. The van der Waals surface area contributed by atoms with Crippen LogP contribution in [0.2, 0.25) is 0 Å². The number of nitrogens with zero attached hydrogens (tertiary/aromatic N) is 4. The highest BCUT2D eigenvalue weighted by Crippen LogP contribution is 2.28. The Balaban J connectivity index is 2.19. The Morgan fingerprint density at radius 2 is 1.92 bits per heavy atom. The van der Waals surface area contributed by atoms with Gasteiger partial charge < -0.3 is 10.2 Å². The number of rotatable bonds is 4. The first-order chi connectivity index (χ1) is 11.8. The Bertz CT molecular complexity index is 1110. The molecule has 1 aromatic heterocycles. The zero-order valence-corrected chi connectivity index (χ0v) is 14.0. The molecular weight excluding hydrogens is 344 g/mol. The zero-order valence-electron chi connectivity index (χ0n) is 13.2. The first-order valence-electron chi connectivity index (χ1n) is 7.28. The van der Waals surface area contributed by atoms with Crippen molar-refractivity contribution in [3.63, 3.8) is 0 Å². The van der Waals surface area contributed by atoms with Crippen molar-refractivity contribution in [2.24, 2.45) is 0 Å². The van der Waals surface area contributed by atoms with Crippen LogP contribution in [-0.4, -0.2) is 46.5 Å². The quantitative estimate of drug-likeness (QED) is 0.710. The number of sulfone groups is 1. The van der Waals surface area contributed by atoms with Gasteiger partial charge >= 0.3 is 0 Å². The molecular formula is C16H14N4O4S. The molecule has 0 spiro atoms. The molecule has 0 fully saturated rings. The van der Waals surface area contributed by atoms with Crippen LogP contribution in [0, 0.1) is 11.3 Å². The highest BCUT2D eigenvalue weighted by molar-refractivity contribution is 7.90. The molecule has 2 aromatic carbocycles. The van der Waals surface area contributed by atoms with Gasteiger partial charge in [0.1, 0.15) is 22.8 Å². The third-order valence-corrected chi connectivity index (χ3v) is 4.78. The lowest BCUT2D eigenvalue weighted by atomic mass is 10.1. The average molecular weight is 358 g/mol. The predicted octanol–water partition coefficient (Wildman–Crippen LogP) is 0.936. The average Bonchev–Trinajstić information content (AvgIpc) is 2.98. The van der Waals surface area contributed by atoms with E-state index in [0.717, 1.165) is 11.1 Å². The summed E-state index contributed by atoms with van der Waals surface area (Å²) in [6.07, 6.45) is 1.41. The molecule has 0 aliphatic rings. The molecule has 3 aromatic rings. The molecule has 0 bridgehead atoms. The number of aromatic nitrogens is 3. The second-order valence-corrected chi connectivity index (χ2v) is 7.52. The van der Waals surface area contributed by atoms with Crippen LogP contribution in [0.15, 0.2) is 35.2 Å². The maximum absolute atomic E-state index is 11.7. The van der Waals surface area contributed by atoms with Crippen LogP contribution in [0.5, 0.6) is 5.75 Å². The molecule has 0 saturated heterocycles. The predicted molar refractivity (Wildman–Crippen MR) is 89.1 cm³/mol. The molecule has 0 amide bonds. The van der Waals surface area contributed by atoms with Gasteiger partial charge in [-0.1, -0.05) is 0 Å². The highest BCUT2D eigenvalue weighted by atomic mass is 32.2. The number of aliphatic hydroxyl groups excluding tert-OH is 1. The van der Waals surface area contributed by atoms with Crippen molar-refractivity contribution < 1.29 is 18.6 Å². The maximum Gasteiger partial charge on any atom is 0.175 e. The monoisotopic (exact) mass is 358 g/mol. The van der Waals surface area contributed by atoms with Gasteiger partial charge in [-0.15, -0.1) is 15.0 Å². The van der Waals surface area contributed by atoms with Crippen molar-refractivity contribution in [3.8, 4) is 17.5 Å². The van der Waals surface area contributed by atoms with E-state index in [9.17, 15) is 13.5 Å². The van der Waals surface area contributed by atoms with Gasteiger partial charge in [-0.3, -0.25) is 0 Å². The summed E-state index contributed by atoms with van der Waals surface area (Å²) in [7, 11) is -3.38. The van der Waals surface area contributed by atoms with E-state index in [0.29, 0.717) is 23.0 Å². The first kappa shape index (κ1) is 16.9. The summed E-state index contributed by atoms with van der Waals surface area (Å²) < 4.78 is 23.3. The summed E-state index contributed by atoms with van der Waals surface area (Å²) in [5.41, 5.74) is 1.65. The Kier molecular flexibility index (Phi) is 4.16. The van der Waals surface area contributed by atoms with Crippen LogP contribution in [0.25, 0.3) is 16.7 Å². The summed E-state index contributed by atoms with van der Waals surface area (Å²) >= 11 is 0. The van der Waals surface area contributed by atoms with E-state index >= 15 is 0 Å². The lowest BCUT2D eigenvalue weighted by Gasteiger charge is -2.08. The number of phenols is 1. The normalized spacial score (nSPS) is 11.6. The molecule has 0 saturated carbocycles. The van der Waals surface area contributed by atoms with Gasteiger partial charge in [-0.25, -0.2) is 8.42 Å². The molecule has 0 aliphatic heterocycles. The minimum atomic E-state index is -3.38. The number of phenolic OH excluding ortho intramolecular Hbond substituents is 1. The fraction of sp³-hybridized carbons (Fsp3) is 0.188. The second-order valence-electron chi connectivity index (χ2n) is 5.51. The summed E-state index contributed by atoms with van der Waals surface area (Å²) in [5, 5.41) is 36.9. The van der Waals surface area contributed by atoms with Crippen molar-refractivity contribution in [1.29, 1.82) is 5.26 Å². The Morgan fingerprint density at radius 1 is 1.20 bits per heavy atom. The Hall–Kier alpha value is -2.96. The minimum absolute atomic E-state index is 0.0409. The van der Waals surface area contributed by atoms with E-state index in [1.807, 2.05) is 6.07 Å². The molecule has 25 heavy (non-hydrogen) atoms. The first-order valence-corrected chi connectivity index (χ1v) is 9.17. The standard InChI is InChI=1S/C16H14N4O4S/c1-25(23,24)12-2-3-13-14(8-12)19-20(18-13)15-7-10(4-5-21)6-11(9-17)16(15)22/h2-3,6-8,21-22H,4-5H2,1H3. The van der Waals surface area contributed by atoms with E-state index in [-0.39, 0.29) is 28.5 Å². The molecule has 0 atom stereocenters. The van der Waals surface area contributed by atoms with E-state index in [1.165, 1.54) is 24.3 Å². The Morgan fingerprint density at radius 3 is 2.56 bits per heavy atom. The van der Waals surface area contributed by atoms with Crippen LogP contribution in [0.1, 0.15) is 11.1 Å². The van der Waals surface area contributed by atoms with Gasteiger partial charge in [0.15, 0.2) is 15.6 Å². The van der Waals surface area contributed by atoms with Crippen molar-refractivity contribution in [1.82, 2.24) is 15.0 Å². The number of hydrogen-bond acceptors (Lipinski definition) is 7. The van der Waals surface area contributed by atoms with Gasteiger partial charge in [0, 0.05) is 12.9 Å². The van der Waals surface area contributed by atoms with E-state index in [4.69, 9.17) is 10.4 Å². The van der Waals surface area contributed by atoms with Crippen LogP contribution in [0.4, 0.5) is 0 Å². The summed E-state index contributed by atoms with van der Waals surface area (Å²) in [6.45, 7) is -0.110. The van der Waals surface area contributed by atoms with Gasteiger partial charge in [0.25, 0.3) is 0 Å². The second kappa shape index (κ2) is 6.16. The number of hydrogen-bond donors (Lipinski definition) is 2. The molecule has 0 aliphatic carbocycles. The molecule has 3 rings (SSSR count). The van der Waals surface area contributed by atoms with Crippen LogP contribution < -0.4 is 0 Å². The molecule has 8 nitrogen and oxygen atoms in total. The summed E-state index contributed by atoms with van der Waals surface area (Å²) in [6, 6.07) is 9.30. The molecule has 2 N–H and O–H groups in total. The van der Waals surface area contributed by atoms with E-state index < -0.39 is 9.84 Å². The fourth-order valence-corrected chi connectivity index (χ4v) is 3.06. The molecule has 9 heteroatoms. The third kappa shape index (κ3) is 3.17. The number of nitriles is 1. The minimum Gasteiger partial charge on any atom is -0.504 e. The smallest absolute Gasteiger partial charge is 0.175 e. The van der Waals surface area contributed by atoms with Crippen molar-refractivity contribution >= 4 is 20.9 Å². The van der Waals surface area contributed by atoms with Gasteiger partial charge in [-0.2, -0.15) is 5.26 Å². The molecule has 1 heterocycles. The molecule has 128 valence electrons. The Labute approximate surface area is 143 Å². The number of fused-ring (bicyclic) bond motifs is 1. The molecule has 0 unspecified atom stereocenters. The maximum atomic E-state index is 11.7. The lowest BCUT2D eigenvalue weighted by Crippen LogP contribution is -2.02. The van der Waals surface area contributed by atoms with Crippen LogP contribution in [0.3, 0.4) is 0 Å². The zero-order chi connectivity index (χ0) is 18.2. The number of aromatic hydroxyl groups is 1. The number of aliphatic hydroxyl groups is 1. The lowest BCUT2D eigenvalue weighted by molar-refractivity contribution is 0.299. The van der Waals surface area contributed by atoms with Gasteiger partial charge in [-0.05, 0) is 42.3 Å². The van der Waals surface area contributed by atoms with Crippen molar-refractivity contribution in [3.05, 3.63) is 41.5 Å². The van der Waals surface area contributed by atoms with E-state index in [1.54, 1.807) is 6.07 Å². The topological polar surface area (TPSA) is 129 Å². The highest BCUT2D eigenvalue weighted by Gasteiger charge is 2.16. The molecule has 0 radical (unpaired) electrons. The van der Waals surface area contributed by atoms with Crippen molar-refractivity contribution in [2.45, 2.75) is 11.3 Å².